The SMILES string of the molecule is CCc1ccccc1NC(=O)C(=O)N/N=C/c1ccccc1OC(=O)c1ccccc1. The molecule has 0 spiro atoms. The van der Waals surface area contributed by atoms with Gasteiger partial charge in [-0.2, -0.15) is 5.10 Å². The molecule has 3 rings (SSSR count). The van der Waals surface area contributed by atoms with E-state index in [-0.39, 0.29) is 5.75 Å². The van der Waals surface area contributed by atoms with Crippen molar-refractivity contribution in [3.63, 3.8) is 0 Å². The molecule has 0 radical (unpaired) electrons. The monoisotopic (exact) mass is 415 g/mol. The van der Waals surface area contributed by atoms with Crippen LogP contribution in [-0.4, -0.2) is 24.0 Å². The number of benzene rings is 3. The van der Waals surface area contributed by atoms with Crippen molar-refractivity contribution in [3.8, 4) is 5.75 Å². The van der Waals surface area contributed by atoms with Gasteiger partial charge in [0, 0.05) is 11.3 Å². The first kappa shape index (κ1) is 21.4. The van der Waals surface area contributed by atoms with Crippen molar-refractivity contribution in [1.29, 1.82) is 0 Å². The van der Waals surface area contributed by atoms with E-state index in [1.54, 1.807) is 66.7 Å². The van der Waals surface area contributed by atoms with Crippen molar-refractivity contribution in [2.45, 2.75) is 13.3 Å². The van der Waals surface area contributed by atoms with Crippen molar-refractivity contribution in [2.24, 2.45) is 5.10 Å². The third kappa shape index (κ3) is 5.86. The molecule has 156 valence electrons. The van der Waals surface area contributed by atoms with E-state index < -0.39 is 17.8 Å². The first-order chi connectivity index (χ1) is 15.1. The van der Waals surface area contributed by atoms with Crippen LogP contribution in [-0.2, 0) is 16.0 Å². The minimum atomic E-state index is -0.916. The third-order valence-corrected chi connectivity index (χ3v) is 4.35. The van der Waals surface area contributed by atoms with Crippen LogP contribution in [0.15, 0.2) is 84.0 Å². The molecule has 31 heavy (non-hydrogen) atoms. The first-order valence-corrected chi connectivity index (χ1v) is 9.67. The number of nitrogens with one attached hydrogen (secondary N) is 2. The lowest BCUT2D eigenvalue weighted by Gasteiger charge is -2.09. The van der Waals surface area contributed by atoms with Gasteiger partial charge in [-0.25, -0.2) is 10.2 Å². The number of carbonyl (C=O) groups excluding carboxylic acids is 3. The number of rotatable bonds is 6. The Hall–Kier alpha value is -4.26. The van der Waals surface area contributed by atoms with E-state index >= 15 is 0 Å². The first-order valence-electron chi connectivity index (χ1n) is 9.67. The van der Waals surface area contributed by atoms with Gasteiger partial charge in [-0.3, -0.25) is 9.59 Å². The molecule has 0 aromatic heterocycles. The number of hydrogen-bond donors (Lipinski definition) is 2. The highest BCUT2D eigenvalue weighted by atomic mass is 16.5. The van der Waals surface area contributed by atoms with E-state index in [2.05, 4.69) is 15.8 Å². The number of esters is 1. The fourth-order valence-electron chi connectivity index (χ4n) is 2.75. The summed E-state index contributed by atoms with van der Waals surface area (Å²) < 4.78 is 5.42. The summed E-state index contributed by atoms with van der Waals surface area (Å²) >= 11 is 0. The van der Waals surface area contributed by atoms with Crippen LogP contribution in [0.4, 0.5) is 5.69 Å². The van der Waals surface area contributed by atoms with Gasteiger partial charge in [0.1, 0.15) is 5.75 Å². The van der Waals surface area contributed by atoms with Crippen LogP contribution in [0.3, 0.4) is 0 Å². The van der Waals surface area contributed by atoms with E-state index in [0.29, 0.717) is 23.2 Å². The fourth-order valence-corrected chi connectivity index (χ4v) is 2.75. The van der Waals surface area contributed by atoms with Crippen molar-refractivity contribution >= 4 is 29.7 Å². The van der Waals surface area contributed by atoms with Crippen LogP contribution >= 0.6 is 0 Å². The van der Waals surface area contributed by atoms with E-state index in [4.69, 9.17) is 4.74 Å². The molecular formula is C24H21N3O4. The van der Waals surface area contributed by atoms with Crippen LogP contribution in [0.2, 0.25) is 0 Å². The molecule has 0 aliphatic rings. The average Bonchev–Trinajstić information content (AvgIpc) is 2.81. The highest BCUT2D eigenvalue weighted by Gasteiger charge is 2.14. The van der Waals surface area contributed by atoms with Gasteiger partial charge in [0.25, 0.3) is 0 Å². The predicted molar refractivity (Wildman–Crippen MR) is 118 cm³/mol. The largest absolute Gasteiger partial charge is 0.422 e. The molecule has 2 N–H and O–H groups in total. The number of nitrogens with zero attached hydrogens (tertiary/aromatic N) is 1. The number of aryl methyl sites for hydroxylation is 1. The van der Waals surface area contributed by atoms with Gasteiger partial charge in [0.05, 0.1) is 11.8 Å². The Bertz CT molecular complexity index is 1110. The molecule has 0 bridgehead atoms. The van der Waals surface area contributed by atoms with Crippen molar-refractivity contribution in [3.05, 3.63) is 95.6 Å². The molecule has 0 saturated heterocycles. The zero-order valence-corrected chi connectivity index (χ0v) is 16.9. The second-order valence-corrected chi connectivity index (χ2v) is 6.46. The van der Waals surface area contributed by atoms with Gasteiger partial charge in [-0.15, -0.1) is 0 Å². The molecule has 3 aromatic rings. The molecular weight excluding hydrogens is 394 g/mol. The van der Waals surface area contributed by atoms with Gasteiger partial charge in [-0.05, 0) is 42.3 Å². The average molecular weight is 415 g/mol. The maximum absolute atomic E-state index is 12.3. The smallest absolute Gasteiger partial charge is 0.343 e. The molecule has 0 unspecified atom stereocenters. The third-order valence-electron chi connectivity index (χ3n) is 4.35. The minimum absolute atomic E-state index is 0.274. The fraction of sp³-hybridized carbons (Fsp3) is 0.0833. The van der Waals surface area contributed by atoms with E-state index in [1.807, 2.05) is 19.1 Å². The number of hydrogen-bond acceptors (Lipinski definition) is 5. The minimum Gasteiger partial charge on any atom is -0.422 e. The second-order valence-electron chi connectivity index (χ2n) is 6.46. The molecule has 7 nitrogen and oxygen atoms in total. The maximum Gasteiger partial charge on any atom is 0.343 e. The van der Waals surface area contributed by atoms with Gasteiger partial charge < -0.3 is 10.1 Å². The summed E-state index contributed by atoms with van der Waals surface area (Å²) in [5, 5.41) is 6.38. The Kier molecular flexibility index (Phi) is 7.26. The molecule has 0 atom stereocenters. The zero-order valence-electron chi connectivity index (χ0n) is 16.9. The number of amides is 2. The molecule has 3 aromatic carbocycles. The van der Waals surface area contributed by atoms with Gasteiger partial charge in [0.2, 0.25) is 0 Å². The Balaban J connectivity index is 1.62. The highest BCUT2D eigenvalue weighted by molar-refractivity contribution is 6.39. The number of hydrazone groups is 1. The Morgan fingerprint density at radius 1 is 0.871 bits per heavy atom. The van der Waals surface area contributed by atoms with Gasteiger partial charge >= 0.3 is 17.8 Å². The van der Waals surface area contributed by atoms with E-state index in [0.717, 1.165) is 5.56 Å². The van der Waals surface area contributed by atoms with Crippen LogP contribution in [0.25, 0.3) is 0 Å². The predicted octanol–water partition coefficient (Wildman–Crippen LogP) is 3.56. The quantitative estimate of drug-likeness (QED) is 0.212. The summed E-state index contributed by atoms with van der Waals surface area (Å²) in [4.78, 5) is 36.5. The lowest BCUT2D eigenvalue weighted by Crippen LogP contribution is -2.32. The van der Waals surface area contributed by atoms with Crippen LogP contribution in [0.1, 0.15) is 28.4 Å². The van der Waals surface area contributed by atoms with Crippen LogP contribution in [0, 0.1) is 0 Å². The lowest BCUT2D eigenvalue weighted by molar-refractivity contribution is -0.136. The molecule has 0 heterocycles. The van der Waals surface area contributed by atoms with Crippen LogP contribution in [0.5, 0.6) is 5.75 Å². The zero-order chi connectivity index (χ0) is 22.1. The summed E-state index contributed by atoms with van der Waals surface area (Å²) in [6.07, 6.45) is 2.02. The molecule has 2 amide bonds. The van der Waals surface area contributed by atoms with E-state index in [9.17, 15) is 14.4 Å². The summed E-state index contributed by atoms with van der Waals surface area (Å²) in [5.41, 5.74) is 4.54. The summed E-state index contributed by atoms with van der Waals surface area (Å²) in [5.74, 6) is -1.99. The van der Waals surface area contributed by atoms with Gasteiger partial charge in [-0.1, -0.05) is 55.5 Å². The highest BCUT2D eigenvalue weighted by Crippen LogP contribution is 2.18. The summed E-state index contributed by atoms with van der Waals surface area (Å²) in [6, 6.07) is 22.5. The molecule has 0 fully saturated rings. The Labute approximate surface area is 179 Å². The maximum atomic E-state index is 12.3. The summed E-state index contributed by atoms with van der Waals surface area (Å²) in [6.45, 7) is 1.96. The second kappa shape index (κ2) is 10.5. The topological polar surface area (TPSA) is 96.9 Å². The molecule has 0 aliphatic heterocycles. The summed E-state index contributed by atoms with van der Waals surface area (Å²) in [7, 11) is 0. The van der Waals surface area contributed by atoms with E-state index in [1.165, 1.54) is 6.21 Å². The Morgan fingerprint density at radius 3 is 2.32 bits per heavy atom. The normalized spacial score (nSPS) is 10.5. The Morgan fingerprint density at radius 2 is 1.55 bits per heavy atom. The molecule has 7 heteroatoms. The lowest BCUT2D eigenvalue weighted by atomic mass is 10.1. The van der Waals surface area contributed by atoms with Crippen LogP contribution < -0.4 is 15.5 Å². The molecule has 0 saturated carbocycles. The number of anilines is 1. The van der Waals surface area contributed by atoms with Crippen molar-refractivity contribution in [1.82, 2.24) is 5.43 Å². The number of para-hydroxylation sites is 2. The molecule has 0 aliphatic carbocycles. The van der Waals surface area contributed by atoms with Crippen molar-refractivity contribution < 1.29 is 19.1 Å². The van der Waals surface area contributed by atoms with Gasteiger partial charge in [0.15, 0.2) is 0 Å². The van der Waals surface area contributed by atoms with Crippen molar-refractivity contribution in [2.75, 3.05) is 5.32 Å². The number of ether oxygens (including phenoxy) is 1. The number of carbonyl (C=O) groups is 3. The standard InChI is InChI=1S/C24H21N3O4/c1-2-17-10-6-8-14-20(17)26-22(28)23(29)27-25-16-19-13-7-9-15-21(19)31-24(30)18-11-4-3-5-12-18/h3-16H,2H2,1H3,(H,26,28)(H,27,29)/b25-16+.